The molecule has 0 unspecified atom stereocenters. The third-order valence-corrected chi connectivity index (χ3v) is 5.12. The maximum absolute atomic E-state index is 14.8. The minimum absolute atomic E-state index is 0.0462. The Kier molecular flexibility index (Phi) is 4.67. The number of aliphatic carboxylic acids is 1. The average Bonchev–Trinajstić information content (AvgIpc) is 2.93. The van der Waals surface area contributed by atoms with Crippen LogP contribution in [0.25, 0.3) is 10.9 Å². The molecule has 2 N–H and O–H groups in total. The molecule has 1 aromatic heterocycles. The number of rotatable bonds is 3. The Morgan fingerprint density at radius 2 is 1.79 bits per heavy atom. The third kappa shape index (κ3) is 2.82. The number of carboxylic acids is 1. The molecule has 0 aliphatic heterocycles. The molecule has 0 saturated carbocycles. The molecule has 3 rings (SSSR count). The number of aromatic hydroxyl groups is 1. The van der Waals surface area contributed by atoms with Gasteiger partial charge in [0, 0.05) is 22.2 Å². The minimum Gasteiger partial charge on any atom is -0.505 e. The molecule has 2 aromatic carbocycles. The summed E-state index contributed by atoms with van der Waals surface area (Å²) >= 11 is 5.66. The van der Waals surface area contributed by atoms with Crippen molar-refractivity contribution in [3.05, 3.63) is 63.8 Å². The smallest absolute Gasteiger partial charge is 0.313 e. The van der Waals surface area contributed by atoms with E-state index in [2.05, 4.69) is 0 Å². The molecule has 0 radical (unpaired) electrons. The van der Waals surface area contributed by atoms with Gasteiger partial charge in [0.15, 0.2) is 11.6 Å². The van der Waals surface area contributed by atoms with Crippen LogP contribution in [-0.2, 0) is 10.2 Å². The van der Waals surface area contributed by atoms with Crippen LogP contribution in [0.1, 0.15) is 35.5 Å². The number of nitrogens with zero attached hydrogens (tertiary/aromatic N) is 1. The Balaban J connectivity index is 2.40. The largest absolute Gasteiger partial charge is 0.505 e. The molecule has 0 saturated heterocycles. The topological polar surface area (TPSA) is 79.5 Å². The van der Waals surface area contributed by atoms with Crippen LogP contribution >= 0.6 is 11.6 Å². The van der Waals surface area contributed by atoms with Crippen LogP contribution in [0, 0.1) is 18.6 Å². The minimum atomic E-state index is -1.56. The van der Waals surface area contributed by atoms with E-state index in [1.807, 2.05) is 0 Å². The lowest BCUT2D eigenvalue weighted by atomic mass is 9.82. The van der Waals surface area contributed by atoms with Gasteiger partial charge in [-0.1, -0.05) is 11.6 Å². The summed E-state index contributed by atoms with van der Waals surface area (Å²) in [5.74, 6) is -4.41. The van der Waals surface area contributed by atoms with Crippen LogP contribution in [0.5, 0.6) is 5.75 Å². The lowest BCUT2D eigenvalue weighted by Gasteiger charge is -2.20. The standard InChI is InChI=1S/C20H16ClF2NO4/c1-9-16(20(2,3)19(27)28)15-13(6-7-14(25)17(15)23)24(9)18(26)10-4-5-11(21)12(22)8-10/h4-8,25H,1-3H3,(H,27,28). The normalized spacial score (nSPS) is 11.8. The van der Waals surface area contributed by atoms with Gasteiger partial charge in [-0.05, 0) is 51.1 Å². The number of benzene rings is 2. The second kappa shape index (κ2) is 6.60. The third-order valence-electron chi connectivity index (χ3n) is 4.82. The van der Waals surface area contributed by atoms with Crippen molar-refractivity contribution >= 4 is 34.4 Å². The number of halogens is 3. The fraction of sp³-hybridized carbons (Fsp3) is 0.200. The van der Waals surface area contributed by atoms with Crippen LogP contribution < -0.4 is 0 Å². The molecule has 1 heterocycles. The van der Waals surface area contributed by atoms with E-state index in [4.69, 9.17) is 11.6 Å². The summed E-state index contributed by atoms with van der Waals surface area (Å²) < 4.78 is 29.7. The summed E-state index contributed by atoms with van der Waals surface area (Å²) in [5, 5.41) is 19.1. The summed E-state index contributed by atoms with van der Waals surface area (Å²) in [7, 11) is 0. The fourth-order valence-corrected chi connectivity index (χ4v) is 3.46. The highest BCUT2D eigenvalue weighted by molar-refractivity contribution is 6.30. The van der Waals surface area contributed by atoms with Crippen molar-refractivity contribution in [2.45, 2.75) is 26.2 Å². The zero-order chi connectivity index (χ0) is 21.0. The summed E-state index contributed by atoms with van der Waals surface area (Å²) in [6, 6.07) is 5.87. The van der Waals surface area contributed by atoms with Crippen molar-refractivity contribution in [1.29, 1.82) is 0 Å². The van der Waals surface area contributed by atoms with Gasteiger partial charge in [-0.3, -0.25) is 14.2 Å². The highest BCUT2D eigenvalue weighted by Gasteiger charge is 2.37. The molecule has 0 spiro atoms. The monoisotopic (exact) mass is 407 g/mol. The predicted octanol–water partition coefficient (Wildman–Crippen LogP) is 4.64. The van der Waals surface area contributed by atoms with Gasteiger partial charge in [-0.25, -0.2) is 8.78 Å². The number of carbonyl (C=O) groups excluding carboxylic acids is 1. The summed E-state index contributed by atoms with van der Waals surface area (Å²) in [6.07, 6.45) is 0. The van der Waals surface area contributed by atoms with E-state index in [1.165, 1.54) is 39.0 Å². The van der Waals surface area contributed by atoms with Gasteiger partial charge in [0.25, 0.3) is 5.91 Å². The Morgan fingerprint density at radius 3 is 2.36 bits per heavy atom. The number of phenols is 1. The van der Waals surface area contributed by atoms with E-state index in [0.717, 1.165) is 16.7 Å². The first-order valence-electron chi connectivity index (χ1n) is 8.24. The first kappa shape index (κ1) is 19.8. The molecule has 146 valence electrons. The quantitative estimate of drug-likeness (QED) is 0.663. The van der Waals surface area contributed by atoms with E-state index >= 15 is 0 Å². The molecule has 0 atom stereocenters. The molecule has 3 aromatic rings. The first-order chi connectivity index (χ1) is 13.0. The molecular formula is C20H16ClF2NO4. The lowest BCUT2D eigenvalue weighted by molar-refractivity contribution is -0.142. The molecule has 0 bridgehead atoms. The zero-order valence-electron chi connectivity index (χ0n) is 15.2. The van der Waals surface area contributed by atoms with E-state index in [-0.39, 0.29) is 32.7 Å². The van der Waals surface area contributed by atoms with Gasteiger partial charge in [-0.2, -0.15) is 0 Å². The second-order valence-electron chi connectivity index (χ2n) is 6.95. The van der Waals surface area contributed by atoms with E-state index in [9.17, 15) is 28.6 Å². The van der Waals surface area contributed by atoms with Crippen LogP contribution in [0.3, 0.4) is 0 Å². The fourth-order valence-electron chi connectivity index (χ4n) is 3.34. The second-order valence-corrected chi connectivity index (χ2v) is 7.36. The SMILES string of the molecule is Cc1c(C(C)(C)C(=O)O)c2c(F)c(O)ccc2n1C(=O)c1ccc(Cl)c(F)c1. The average molecular weight is 408 g/mol. The number of fused-ring (bicyclic) bond motifs is 1. The van der Waals surface area contributed by atoms with Crippen molar-refractivity contribution in [2.24, 2.45) is 0 Å². The van der Waals surface area contributed by atoms with Crippen molar-refractivity contribution in [3.63, 3.8) is 0 Å². The van der Waals surface area contributed by atoms with E-state index in [1.54, 1.807) is 0 Å². The van der Waals surface area contributed by atoms with Crippen LogP contribution in [-0.4, -0.2) is 26.7 Å². The van der Waals surface area contributed by atoms with Crippen LogP contribution in [0.15, 0.2) is 30.3 Å². The van der Waals surface area contributed by atoms with Crippen molar-refractivity contribution in [1.82, 2.24) is 4.57 Å². The van der Waals surface area contributed by atoms with Gasteiger partial charge >= 0.3 is 5.97 Å². The number of hydrogen-bond acceptors (Lipinski definition) is 3. The molecule has 8 heteroatoms. The Hall–Kier alpha value is -2.93. The Labute approximate surface area is 163 Å². The predicted molar refractivity (Wildman–Crippen MR) is 100 cm³/mol. The van der Waals surface area contributed by atoms with Crippen molar-refractivity contribution in [3.8, 4) is 5.75 Å². The molecule has 0 amide bonds. The molecule has 0 aliphatic rings. The van der Waals surface area contributed by atoms with Gasteiger partial charge < -0.3 is 10.2 Å². The number of hydrogen-bond donors (Lipinski definition) is 2. The number of carbonyl (C=O) groups is 2. The Morgan fingerprint density at radius 1 is 1.14 bits per heavy atom. The number of carboxylic acid groups (broad SMARTS) is 1. The number of aromatic nitrogens is 1. The van der Waals surface area contributed by atoms with Gasteiger partial charge in [-0.15, -0.1) is 0 Å². The van der Waals surface area contributed by atoms with E-state index in [0.29, 0.717) is 0 Å². The number of phenolic OH excluding ortho intramolecular Hbond substituents is 1. The molecule has 5 nitrogen and oxygen atoms in total. The zero-order valence-corrected chi connectivity index (χ0v) is 15.9. The van der Waals surface area contributed by atoms with Crippen molar-refractivity contribution in [2.75, 3.05) is 0 Å². The maximum atomic E-state index is 14.8. The van der Waals surface area contributed by atoms with Gasteiger partial charge in [0.05, 0.1) is 16.0 Å². The van der Waals surface area contributed by atoms with Crippen molar-refractivity contribution < 1.29 is 28.6 Å². The van der Waals surface area contributed by atoms with Gasteiger partial charge in [0.1, 0.15) is 5.82 Å². The van der Waals surface area contributed by atoms with Crippen LogP contribution in [0.4, 0.5) is 8.78 Å². The van der Waals surface area contributed by atoms with Crippen LogP contribution in [0.2, 0.25) is 5.02 Å². The van der Waals surface area contributed by atoms with Gasteiger partial charge in [0.2, 0.25) is 0 Å². The summed E-state index contributed by atoms with van der Waals surface area (Å²) in [4.78, 5) is 24.9. The van der Waals surface area contributed by atoms with E-state index < -0.39 is 34.7 Å². The highest BCUT2D eigenvalue weighted by atomic mass is 35.5. The molecular weight excluding hydrogens is 392 g/mol. The molecule has 28 heavy (non-hydrogen) atoms. The molecule has 0 fully saturated rings. The highest BCUT2D eigenvalue weighted by Crippen LogP contribution is 2.40. The summed E-state index contributed by atoms with van der Waals surface area (Å²) in [6.45, 7) is 4.22. The summed E-state index contributed by atoms with van der Waals surface area (Å²) in [5.41, 5.74) is -1.32. The maximum Gasteiger partial charge on any atom is 0.313 e. The Bertz CT molecular complexity index is 1150. The molecule has 0 aliphatic carbocycles. The first-order valence-corrected chi connectivity index (χ1v) is 8.62. The lowest BCUT2D eigenvalue weighted by Crippen LogP contribution is -2.29.